The molecule has 0 aliphatic carbocycles. The van der Waals surface area contributed by atoms with Crippen LogP contribution in [-0.2, 0) is 0 Å². The Morgan fingerprint density at radius 3 is 1.01 bits per heavy atom. The zero-order chi connectivity index (χ0) is 80.7. The maximum Gasteiger partial charge on any atom is 0.143 e. The molecule has 5 heteroatoms. The predicted molar refractivity (Wildman–Crippen MR) is 511 cm³/mol. The van der Waals surface area contributed by atoms with Crippen molar-refractivity contribution in [2.75, 3.05) is 14.7 Å². The molecular weight excluding hydrogens is 1470 g/mol. The second-order valence-corrected chi connectivity index (χ2v) is 31.2. The lowest BCUT2D eigenvalue weighted by molar-refractivity contribution is 0.670. The zero-order valence-electron chi connectivity index (χ0n) is 67.1. The smallest absolute Gasteiger partial charge is 0.143 e. The Balaban J connectivity index is 0.614. The summed E-state index contributed by atoms with van der Waals surface area (Å²) in [6.45, 7) is 4.51. The first kappa shape index (κ1) is 72.9. The van der Waals surface area contributed by atoms with Gasteiger partial charge in [0.2, 0.25) is 0 Å². The van der Waals surface area contributed by atoms with Crippen LogP contribution in [0.5, 0.6) is 0 Å². The Labute approximate surface area is 705 Å². The maximum atomic E-state index is 6.51. The molecule has 0 N–H and O–H groups in total. The molecule has 0 saturated heterocycles. The van der Waals surface area contributed by atoms with Gasteiger partial charge in [-0.05, 0) is 242 Å². The van der Waals surface area contributed by atoms with Gasteiger partial charge in [0.05, 0.1) is 22.4 Å². The molecule has 2 heterocycles. The minimum absolute atomic E-state index is 0.893. The first-order chi connectivity index (χ1) is 59.8. The highest BCUT2D eigenvalue weighted by molar-refractivity contribution is 6.12. The fraction of sp³-hybridized carbons (Fsp3) is 0.0172. The van der Waals surface area contributed by atoms with Crippen LogP contribution in [0.15, 0.2) is 465 Å². The van der Waals surface area contributed by atoms with E-state index in [1.54, 1.807) is 0 Å². The SMILES string of the molecule is Cc1cc(-c2ccc(N(c3ccc(-c4ccccc4)cc3)c3ccc(-c4ccc5c6ccccc6n(-c6ccc(-c7ccc(N(c8ccc(-c9ccccc9)cc8)c8ccc(-c9cccc%10c9oc9ccccc9%10)cc8)cc7)cc6)c5c4)cc3-c3ccccc3)c(C)c2)ccc1N(c1ccc(-c2ccccc2)cc1)c1ccccc1-c1ccccc1. The van der Waals surface area contributed by atoms with Crippen molar-refractivity contribution < 1.29 is 4.42 Å². The largest absolute Gasteiger partial charge is 0.455 e. The zero-order valence-corrected chi connectivity index (χ0v) is 67.1. The summed E-state index contributed by atoms with van der Waals surface area (Å²) in [6, 6.07) is 168. The summed E-state index contributed by atoms with van der Waals surface area (Å²) in [4.78, 5) is 7.23. The third-order valence-corrected chi connectivity index (χ3v) is 23.9. The van der Waals surface area contributed by atoms with Crippen LogP contribution in [0.1, 0.15) is 11.1 Å². The van der Waals surface area contributed by atoms with Gasteiger partial charge in [-0.3, -0.25) is 0 Å². The number of benzene rings is 19. The van der Waals surface area contributed by atoms with Crippen LogP contribution < -0.4 is 14.7 Å². The Hall–Kier alpha value is -15.8. The quantitative estimate of drug-likeness (QED) is 0.0806. The summed E-state index contributed by atoms with van der Waals surface area (Å²) < 4.78 is 8.95. The summed E-state index contributed by atoms with van der Waals surface area (Å²) >= 11 is 0. The van der Waals surface area contributed by atoms with Gasteiger partial charge in [-0.25, -0.2) is 0 Å². The van der Waals surface area contributed by atoms with E-state index < -0.39 is 0 Å². The van der Waals surface area contributed by atoms with Gasteiger partial charge < -0.3 is 23.7 Å². The molecule has 0 radical (unpaired) electrons. The number of aryl methyl sites for hydroxylation is 2. The number of nitrogens with zero attached hydrogens (tertiary/aromatic N) is 4. The van der Waals surface area contributed by atoms with Gasteiger partial charge in [-0.15, -0.1) is 0 Å². The highest BCUT2D eigenvalue weighted by Gasteiger charge is 2.25. The van der Waals surface area contributed by atoms with E-state index in [0.717, 1.165) is 168 Å². The van der Waals surface area contributed by atoms with Gasteiger partial charge in [-0.1, -0.05) is 328 Å². The third-order valence-electron chi connectivity index (χ3n) is 23.9. The molecule has 0 amide bonds. The number of anilines is 9. The van der Waals surface area contributed by atoms with Gasteiger partial charge in [0.1, 0.15) is 11.2 Å². The molecule has 21 rings (SSSR count). The summed E-state index contributed by atoms with van der Waals surface area (Å²) in [5, 5.41) is 4.64. The average molecular weight is 1550 g/mol. The Morgan fingerprint density at radius 2 is 0.512 bits per heavy atom. The van der Waals surface area contributed by atoms with Crippen LogP contribution in [0.3, 0.4) is 0 Å². The molecule has 2 aromatic heterocycles. The second-order valence-electron chi connectivity index (χ2n) is 31.2. The van der Waals surface area contributed by atoms with Gasteiger partial charge in [0, 0.05) is 83.7 Å². The first-order valence-electron chi connectivity index (χ1n) is 41.5. The lowest BCUT2D eigenvalue weighted by Gasteiger charge is -2.30. The van der Waals surface area contributed by atoms with Crippen molar-refractivity contribution in [1.29, 1.82) is 0 Å². The monoisotopic (exact) mass is 1550 g/mol. The van der Waals surface area contributed by atoms with Crippen molar-refractivity contribution >= 4 is 94.9 Å². The van der Waals surface area contributed by atoms with Crippen molar-refractivity contribution in [3.63, 3.8) is 0 Å². The molecule has 0 spiro atoms. The highest BCUT2D eigenvalue weighted by Crippen LogP contribution is 2.49. The van der Waals surface area contributed by atoms with E-state index in [9.17, 15) is 0 Å². The van der Waals surface area contributed by atoms with Crippen LogP contribution >= 0.6 is 0 Å². The van der Waals surface area contributed by atoms with Crippen molar-refractivity contribution in [2.45, 2.75) is 13.8 Å². The normalized spacial score (nSPS) is 11.4. The molecule has 0 bridgehead atoms. The number of furan rings is 1. The second kappa shape index (κ2) is 31.7. The van der Waals surface area contributed by atoms with E-state index in [0.29, 0.717) is 0 Å². The number of hydrogen-bond donors (Lipinski definition) is 0. The summed E-state index contributed by atoms with van der Waals surface area (Å²) in [6.07, 6.45) is 0. The molecule has 0 fully saturated rings. The van der Waals surface area contributed by atoms with Gasteiger partial charge in [-0.2, -0.15) is 0 Å². The minimum Gasteiger partial charge on any atom is -0.455 e. The number of hydrogen-bond acceptors (Lipinski definition) is 4. The van der Waals surface area contributed by atoms with E-state index in [-0.39, 0.29) is 0 Å². The molecule has 5 nitrogen and oxygen atoms in total. The molecule has 0 unspecified atom stereocenters. The highest BCUT2D eigenvalue weighted by atomic mass is 16.3. The van der Waals surface area contributed by atoms with Gasteiger partial charge in [0.15, 0.2) is 0 Å². The fourth-order valence-corrected chi connectivity index (χ4v) is 17.8. The Bertz CT molecular complexity index is 7330. The van der Waals surface area contributed by atoms with Crippen molar-refractivity contribution in [2.24, 2.45) is 0 Å². The average Bonchev–Trinajstić information content (AvgIpc) is 1.64. The van der Waals surface area contributed by atoms with Crippen LogP contribution in [-0.4, -0.2) is 4.57 Å². The van der Waals surface area contributed by atoms with Gasteiger partial charge >= 0.3 is 0 Å². The fourth-order valence-electron chi connectivity index (χ4n) is 17.8. The topological polar surface area (TPSA) is 27.8 Å². The molecular formula is C116H82N4O. The van der Waals surface area contributed by atoms with E-state index in [2.05, 4.69) is 482 Å². The van der Waals surface area contributed by atoms with Crippen molar-refractivity contribution in [3.05, 3.63) is 472 Å². The number of rotatable bonds is 19. The van der Waals surface area contributed by atoms with Crippen LogP contribution in [0.2, 0.25) is 0 Å². The van der Waals surface area contributed by atoms with E-state index in [1.807, 2.05) is 12.1 Å². The van der Waals surface area contributed by atoms with Crippen LogP contribution in [0.25, 0.3) is 150 Å². The van der Waals surface area contributed by atoms with Gasteiger partial charge in [0.25, 0.3) is 0 Å². The van der Waals surface area contributed by atoms with Crippen LogP contribution in [0, 0.1) is 13.8 Å². The Morgan fingerprint density at radius 1 is 0.190 bits per heavy atom. The molecule has 0 aliphatic heterocycles. The number of fused-ring (bicyclic) bond motifs is 6. The maximum absolute atomic E-state index is 6.51. The molecule has 121 heavy (non-hydrogen) atoms. The van der Waals surface area contributed by atoms with E-state index in [1.165, 1.54) is 44.2 Å². The van der Waals surface area contributed by atoms with E-state index in [4.69, 9.17) is 4.42 Å². The first-order valence-corrected chi connectivity index (χ1v) is 41.5. The molecule has 19 aromatic carbocycles. The molecule has 0 saturated carbocycles. The standard InChI is InChI=1S/C116H82N4O/c1-79-75-92(56-72-109(79)118(99-63-47-85(48-64-99)82-27-10-4-11-28-82)111-40-21-18-35-102(111)89-31-14-6-15-32-89)93-57-73-110(80(2)76-93)119(100-65-49-86(50-66-100)83-29-12-5-13-30-83)113-74-58-94(77-108(113)90-33-16-7-17-34-90)95-55-71-105-104-36-19-22-41-112(104)120(114(105)78-95)101-67-51-88(52-68-101)87-45-61-97(62-46-87)117(96-59-43-84(44-60-96)81-25-8-3-9-26-81)98-69-53-91(54-70-98)103-38-24-39-107-106-37-20-23-42-115(106)121-116(103)107/h3-78H,1-2H3. The third kappa shape index (κ3) is 14.0. The van der Waals surface area contributed by atoms with Crippen molar-refractivity contribution in [1.82, 2.24) is 4.57 Å². The predicted octanol–water partition coefficient (Wildman–Crippen LogP) is 32.7. The molecule has 572 valence electrons. The summed E-state index contributed by atoms with van der Waals surface area (Å²) in [5.41, 5.74) is 37.8. The summed E-state index contributed by atoms with van der Waals surface area (Å²) in [5.74, 6) is 0. The Kier molecular flexibility index (Phi) is 19.1. The number of para-hydroxylation sites is 4. The summed E-state index contributed by atoms with van der Waals surface area (Å²) in [7, 11) is 0. The van der Waals surface area contributed by atoms with Crippen molar-refractivity contribution in [3.8, 4) is 106 Å². The van der Waals surface area contributed by atoms with Crippen LogP contribution in [0.4, 0.5) is 51.2 Å². The lowest BCUT2D eigenvalue weighted by Crippen LogP contribution is -2.13. The lowest BCUT2D eigenvalue weighted by atomic mass is 9.94. The number of aromatic nitrogens is 1. The molecule has 21 aromatic rings. The molecule has 0 atom stereocenters. The molecule has 0 aliphatic rings. The minimum atomic E-state index is 0.893. The van der Waals surface area contributed by atoms with E-state index >= 15 is 0 Å².